The molecule has 0 aliphatic rings. The molecule has 2 aromatic carbocycles. The molecule has 32 heavy (non-hydrogen) atoms. The highest BCUT2D eigenvalue weighted by Gasteiger charge is 2.20. The van der Waals surface area contributed by atoms with E-state index in [0.717, 1.165) is 33.9 Å². The number of hydrogen-bond donors (Lipinski definition) is 3. The number of amides is 2. The first kappa shape index (κ1) is 21.2. The normalized spacial score (nSPS) is 11.7. The molecule has 0 aliphatic carbocycles. The van der Waals surface area contributed by atoms with Crippen LogP contribution in [-0.2, 0) is 7.05 Å². The van der Waals surface area contributed by atoms with Crippen LogP contribution in [0.2, 0.25) is 0 Å². The zero-order valence-electron chi connectivity index (χ0n) is 18.1. The second-order valence-corrected chi connectivity index (χ2v) is 7.32. The maximum absolute atomic E-state index is 12.6. The molecular weight excluding hydrogens is 404 g/mol. The molecule has 0 saturated heterocycles. The molecule has 1 unspecified atom stereocenters. The number of urea groups is 1. The molecule has 164 valence electrons. The summed E-state index contributed by atoms with van der Waals surface area (Å²) in [5.74, 6) is 2.27. The van der Waals surface area contributed by atoms with Gasteiger partial charge in [0.05, 0.1) is 12.6 Å². The van der Waals surface area contributed by atoms with Crippen LogP contribution in [0.15, 0.2) is 73.1 Å². The topological polar surface area (TPSA) is 93.1 Å². The van der Waals surface area contributed by atoms with Gasteiger partial charge in [-0.15, -0.1) is 0 Å². The number of aryl methyl sites for hydroxylation is 1. The van der Waals surface area contributed by atoms with E-state index in [2.05, 4.69) is 25.9 Å². The van der Waals surface area contributed by atoms with E-state index in [1.807, 2.05) is 78.5 Å². The predicted molar refractivity (Wildman–Crippen MR) is 125 cm³/mol. The number of nitrogens with one attached hydrogen (secondary N) is 3. The van der Waals surface area contributed by atoms with Crippen molar-refractivity contribution in [3.05, 3.63) is 84.4 Å². The molecule has 0 spiro atoms. The number of para-hydroxylation sites is 1. The van der Waals surface area contributed by atoms with Crippen molar-refractivity contribution in [1.82, 2.24) is 25.2 Å². The van der Waals surface area contributed by atoms with Gasteiger partial charge in [-0.05, 0) is 35.9 Å². The summed E-state index contributed by atoms with van der Waals surface area (Å²) in [6.07, 6.45) is 3.57. The van der Waals surface area contributed by atoms with Gasteiger partial charge in [-0.1, -0.05) is 30.3 Å². The van der Waals surface area contributed by atoms with Crippen LogP contribution in [-0.4, -0.2) is 40.8 Å². The SMILES string of the molecule is COc1ccc(C(NC(=O)NCCNc2ccc3ccccc3n2)c2nccn2C)cc1. The predicted octanol–water partition coefficient (Wildman–Crippen LogP) is 3.48. The smallest absolute Gasteiger partial charge is 0.315 e. The summed E-state index contributed by atoms with van der Waals surface area (Å²) < 4.78 is 7.13. The Morgan fingerprint density at radius 3 is 2.62 bits per heavy atom. The minimum atomic E-state index is -0.393. The molecular formula is C24H26N6O2. The van der Waals surface area contributed by atoms with Gasteiger partial charge >= 0.3 is 6.03 Å². The van der Waals surface area contributed by atoms with Crippen LogP contribution in [0.1, 0.15) is 17.4 Å². The number of anilines is 1. The number of hydrogen-bond acceptors (Lipinski definition) is 5. The van der Waals surface area contributed by atoms with E-state index in [1.165, 1.54) is 0 Å². The zero-order chi connectivity index (χ0) is 22.3. The third-order valence-electron chi connectivity index (χ3n) is 5.16. The second kappa shape index (κ2) is 9.82. The van der Waals surface area contributed by atoms with E-state index >= 15 is 0 Å². The van der Waals surface area contributed by atoms with Crippen LogP contribution in [0.4, 0.5) is 10.6 Å². The summed E-state index contributed by atoms with van der Waals surface area (Å²) in [5, 5.41) is 10.2. The number of aromatic nitrogens is 3. The Labute approximate surface area is 186 Å². The number of rotatable bonds is 8. The lowest BCUT2D eigenvalue weighted by molar-refractivity contribution is 0.238. The largest absolute Gasteiger partial charge is 0.497 e. The fraction of sp³-hybridized carbons (Fsp3) is 0.208. The van der Waals surface area contributed by atoms with Crippen molar-refractivity contribution in [1.29, 1.82) is 0 Å². The second-order valence-electron chi connectivity index (χ2n) is 7.32. The maximum atomic E-state index is 12.6. The first-order valence-electron chi connectivity index (χ1n) is 10.4. The molecule has 0 saturated carbocycles. The van der Waals surface area contributed by atoms with Crippen LogP contribution >= 0.6 is 0 Å². The maximum Gasteiger partial charge on any atom is 0.315 e. The van der Waals surface area contributed by atoms with Gasteiger partial charge in [0.15, 0.2) is 0 Å². The number of benzene rings is 2. The monoisotopic (exact) mass is 430 g/mol. The van der Waals surface area contributed by atoms with Gasteiger partial charge in [-0.2, -0.15) is 0 Å². The molecule has 0 aliphatic heterocycles. The van der Waals surface area contributed by atoms with Crippen molar-refractivity contribution >= 4 is 22.8 Å². The Kier molecular flexibility index (Phi) is 6.50. The molecule has 0 fully saturated rings. The fourth-order valence-electron chi connectivity index (χ4n) is 3.46. The van der Waals surface area contributed by atoms with E-state index in [0.29, 0.717) is 13.1 Å². The summed E-state index contributed by atoms with van der Waals surface area (Å²) in [4.78, 5) is 21.6. The van der Waals surface area contributed by atoms with Crippen LogP contribution in [0, 0.1) is 0 Å². The van der Waals surface area contributed by atoms with Crippen molar-refractivity contribution in [2.24, 2.45) is 7.05 Å². The van der Waals surface area contributed by atoms with Crippen LogP contribution in [0.5, 0.6) is 5.75 Å². The highest BCUT2D eigenvalue weighted by Crippen LogP contribution is 2.23. The molecule has 8 nitrogen and oxygen atoms in total. The van der Waals surface area contributed by atoms with Crippen molar-refractivity contribution < 1.29 is 9.53 Å². The average Bonchev–Trinajstić information content (AvgIpc) is 3.26. The van der Waals surface area contributed by atoms with Crippen LogP contribution < -0.4 is 20.7 Å². The third-order valence-corrected chi connectivity index (χ3v) is 5.16. The number of nitrogens with zero attached hydrogens (tertiary/aromatic N) is 3. The van der Waals surface area contributed by atoms with E-state index in [1.54, 1.807) is 13.3 Å². The molecule has 8 heteroatoms. The van der Waals surface area contributed by atoms with Gasteiger partial charge < -0.3 is 25.3 Å². The lowest BCUT2D eigenvalue weighted by Gasteiger charge is -2.20. The van der Waals surface area contributed by atoms with Gasteiger partial charge in [0.25, 0.3) is 0 Å². The summed E-state index contributed by atoms with van der Waals surface area (Å²) in [6.45, 7) is 0.991. The minimum Gasteiger partial charge on any atom is -0.497 e. The van der Waals surface area contributed by atoms with Crippen LogP contribution in [0.25, 0.3) is 10.9 Å². The Bertz CT molecular complexity index is 1190. The van der Waals surface area contributed by atoms with E-state index in [-0.39, 0.29) is 6.03 Å². The summed E-state index contributed by atoms with van der Waals surface area (Å²) in [5.41, 5.74) is 1.84. The van der Waals surface area contributed by atoms with E-state index in [4.69, 9.17) is 4.74 Å². The quantitative estimate of drug-likeness (QED) is 0.372. The van der Waals surface area contributed by atoms with Crippen molar-refractivity contribution in [2.75, 3.05) is 25.5 Å². The highest BCUT2D eigenvalue weighted by molar-refractivity contribution is 5.80. The van der Waals surface area contributed by atoms with Gasteiger partial charge in [0.1, 0.15) is 23.4 Å². The summed E-state index contributed by atoms with van der Waals surface area (Å²) >= 11 is 0. The molecule has 2 heterocycles. The number of fused-ring (bicyclic) bond motifs is 1. The Morgan fingerprint density at radius 1 is 1.06 bits per heavy atom. The average molecular weight is 431 g/mol. The number of carbonyl (C=O) groups excluding carboxylic acids is 1. The number of carbonyl (C=O) groups is 1. The molecule has 4 aromatic rings. The van der Waals surface area contributed by atoms with Gasteiger partial charge in [-0.25, -0.2) is 14.8 Å². The zero-order valence-corrected chi connectivity index (χ0v) is 18.1. The Hall–Kier alpha value is -4.07. The highest BCUT2D eigenvalue weighted by atomic mass is 16.5. The number of pyridine rings is 1. The lowest BCUT2D eigenvalue weighted by atomic mass is 10.1. The minimum absolute atomic E-state index is 0.276. The molecule has 2 aromatic heterocycles. The van der Waals surface area contributed by atoms with Crippen molar-refractivity contribution in [2.45, 2.75) is 6.04 Å². The molecule has 0 bridgehead atoms. The first-order chi connectivity index (χ1) is 15.6. The molecule has 3 N–H and O–H groups in total. The number of imidazole rings is 1. The van der Waals surface area contributed by atoms with Gasteiger partial charge in [-0.3, -0.25) is 0 Å². The first-order valence-corrected chi connectivity index (χ1v) is 10.4. The molecule has 4 rings (SSSR count). The fourth-order valence-corrected chi connectivity index (χ4v) is 3.46. The van der Waals surface area contributed by atoms with Gasteiger partial charge in [0.2, 0.25) is 0 Å². The molecule has 0 radical (unpaired) electrons. The third kappa shape index (κ3) is 4.97. The van der Waals surface area contributed by atoms with Crippen molar-refractivity contribution in [3.8, 4) is 5.75 Å². The number of ether oxygens (including phenoxy) is 1. The summed E-state index contributed by atoms with van der Waals surface area (Å²) in [7, 11) is 3.53. The lowest BCUT2D eigenvalue weighted by Crippen LogP contribution is -2.41. The summed E-state index contributed by atoms with van der Waals surface area (Å²) in [6, 6.07) is 18.8. The van der Waals surface area contributed by atoms with E-state index in [9.17, 15) is 4.79 Å². The van der Waals surface area contributed by atoms with Crippen molar-refractivity contribution in [3.63, 3.8) is 0 Å². The Balaban J connectivity index is 1.35. The van der Waals surface area contributed by atoms with E-state index < -0.39 is 6.04 Å². The molecule has 1 atom stereocenters. The Morgan fingerprint density at radius 2 is 1.88 bits per heavy atom. The number of methoxy groups -OCH3 is 1. The molecule has 2 amide bonds. The standard InChI is InChI=1S/C24H26N6O2/c1-30-16-15-26-23(30)22(18-7-10-19(32-2)11-8-18)29-24(31)27-14-13-25-21-12-9-17-5-3-4-6-20(17)28-21/h3-12,15-16,22H,13-14H2,1-2H3,(H,25,28)(H2,27,29,31). The van der Waals surface area contributed by atoms with Gasteiger partial charge in [0, 0.05) is 37.9 Å². The van der Waals surface area contributed by atoms with Crippen LogP contribution in [0.3, 0.4) is 0 Å².